The highest BCUT2D eigenvalue weighted by molar-refractivity contribution is 5.84. The minimum Gasteiger partial charge on any atom is -0.497 e. The van der Waals surface area contributed by atoms with E-state index < -0.39 is 0 Å². The average molecular weight is 393 g/mol. The van der Waals surface area contributed by atoms with Crippen molar-refractivity contribution < 1.29 is 4.74 Å². The fourth-order valence-electron chi connectivity index (χ4n) is 4.41. The largest absolute Gasteiger partial charge is 0.497 e. The van der Waals surface area contributed by atoms with Crippen molar-refractivity contribution in [3.63, 3.8) is 0 Å². The van der Waals surface area contributed by atoms with E-state index in [4.69, 9.17) is 4.74 Å². The van der Waals surface area contributed by atoms with Gasteiger partial charge in [-0.3, -0.25) is 0 Å². The van der Waals surface area contributed by atoms with Gasteiger partial charge in [-0.05, 0) is 41.5 Å². The van der Waals surface area contributed by atoms with Crippen molar-refractivity contribution in [2.75, 3.05) is 12.4 Å². The predicted molar refractivity (Wildman–Crippen MR) is 121 cm³/mol. The molecule has 3 aromatic carbocycles. The summed E-state index contributed by atoms with van der Waals surface area (Å²) in [6.07, 6.45) is 1.64. The highest BCUT2D eigenvalue weighted by Crippen LogP contribution is 2.48. The van der Waals surface area contributed by atoms with E-state index in [-0.39, 0.29) is 5.41 Å². The van der Waals surface area contributed by atoms with Gasteiger partial charge in [0.1, 0.15) is 12.1 Å². The summed E-state index contributed by atoms with van der Waals surface area (Å²) in [5.41, 5.74) is 8.56. The number of hydrogen-bond acceptors (Lipinski definition) is 4. The van der Waals surface area contributed by atoms with Gasteiger partial charge in [0, 0.05) is 27.9 Å². The smallest absolute Gasteiger partial charge is 0.119 e. The zero-order valence-corrected chi connectivity index (χ0v) is 17.3. The standard InChI is InChI=1S/C26H23N3O/c1-26(2)20-11-4-5-12-21(20)29-22-13-7-10-19(25(22)26)24-15-23(27-16-28-24)17-8-6-9-18(14-17)30-3/h4-16,29H,1-3H3. The van der Waals surface area contributed by atoms with Crippen LogP contribution in [0.3, 0.4) is 0 Å². The quantitative estimate of drug-likeness (QED) is 0.450. The van der Waals surface area contributed by atoms with Crippen LogP contribution in [0.25, 0.3) is 22.5 Å². The topological polar surface area (TPSA) is 47.0 Å². The van der Waals surface area contributed by atoms with Crippen LogP contribution in [0.4, 0.5) is 11.4 Å². The molecule has 0 amide bonds. The maximum atomic E-state index is 5.37. The summed E-state index contributed by atoms with van der Waals surface area (Å²) in [4.78, 5) is 9.15. The van der Waals surface area contributed by atoms with Crippen LogP contribution in [0.2, 0.25) is 0 Å². The van der Waals surface area contributed by atoms with Gasteiger partial charge in [0.2, 0.25) is 0 Å². The van der Waals surface area contributed by atoms with E-state index in [1.54, 1.807) is 13.4 Å². The first kappa shape index (κ1) is 18.4. The fourth-order valence-corrected chi connectivity index (χ4v) is 4.41. The third kappa shape index (κ3) is 2.92. The van der Waals surface area contributed by atoms with Gasteiger partial charge in [-0.25, -0.2) is 9.97 Å². The maximum Gasteiger partial charge on any atom is 0.119 e. The monoisotopic (exact) mass is 393 g/mol. The highest BCUT2D eigenvalue weighted by Gasteiger charge is 2.34. The Balaban J connectivity index is 1.66. The molecule has 2 heterocycles. The van der Waals surface area contributed by atoms with Crippen LogP contribution < -0.4 is 10.1 Å². The van der Waals surface area contributed by atoms with E-state index in [1.807, 2.05) is 24.3 Å². The third-order valence-corrected chi connectivity index (χ3v) is 5.87. The lowest BCUT2D eigenvalue weighted by Crippen LogP contribution is -2.26. The molecule has 4 nitrogen and oxygen atoms in total. The number of nitrogens with zero attached hydrogens (tertiary/aromatic N) is 2. The second kappa shape index (κ2) is 6.99. The number of para-hydroxylation sites is 1. The predicted octanol–water partition coefficient (Wildman–Crippen LogP) is 6.20. The number of nitrogens with one attached hydrogen (secondary N) is 1. The summed E-state index contributed by atoms with van der Waals surface area (Å²) in [6.45, 7) is 4.55. The molecule has 0 aliphatic carbocycles. The summed E-state index contributed by atoms with van der Waals surface area (Å²) in [5.74, 6) is 0.812. The number of methoxy groups -OCH3 is 1. The Labute approximate surface area is 176 Å². The minimum absolute atomic E-state index is 0.158. The van der Waals surface area contributed by atoms with Crippen LogP contribution in [-0.2, 0) is 5.41 Å². The molecule has 0 saturated heterocycles. The van der Waals surface area contributed by atoms with Crippen LogP contribution >= 0.6 is 0 Å². The Morgan fingerprint density at radius 3 is 2.43 bits per heavy atom. The second-order valence-electron chi connectivity index (χ2n) is 8.04. The van der Waals surface area contributed by atoms with Crippen LogP contribution in [0.15, 0.2) is 79.1 Å². The van der Waals surface area contributed by atoms with Gasteiger partial charge < -0.3 is 10.1 Å². The van der Waals surface area contributed by atoms with Gasteiger partial charge in [-0.1, -0.05) is 56.3 Å². The van der Waals surface area contributed by atoms with Crippen molar-refractivity contribution >= 4 is 11.4 Å². The number of fused-ring (bicyclic) bond motifs is 2. The van der Waals surface area contributed by atoms with Crippen LogP contribution in [0.5, 0.6) is 5.75 Å². The van der Waals surface area contributed by atoms with Gasteiger partial charge in [0.05, 0.1) is 18.5 Å². The normalized spacial score (nSPS) is 13.7. The van der Waals surface area contributed by atoms with E-state index in [1.165, 1.54) is 11.1 Å². The van der Waals surface area contributed by atoms with Crippen LogP contribution in [0, 0.1) is 0 Å². The molecule has 0 unspecified atom stereocenters. The van der Waals surface area contributed by atoms with Gasteiger partial charge in [0.25, 0.3) is 0 Å². The summed E-state index contributed by atoms with van der Waals surface area (Å²) in [6, 6.07) is 24.9. The molecule has 4 heteroatoms. The number of benzene rings is 3. The Morgan fingerprint density at radius 2 is 1.57 bits per heavy atom. The molecule has 4 aromatic rings. The number of rotatable bonds is 3. The molecule has 0 fully saturated rings. The van der Waals surface area contributed by atoms with Gasteiger partial charge in [0.15, 0.2) is 0 Å². The molecule has 0 bridgehead atoms. The summed E-state index contributed by atoms with van der Waals surface area (Å²) >= 11 is 0. The van der Waals surface area contributed by atoms with Crippen molar-refractivity contribution in [3.8, 4) is 28.3 Å². The molecule has 30 heavy (non-hydrogen) atoms. The Hall–Kier alpha value is -3.66. The highest BCUT2D eigenvalue weighted by atomic mass is 16.5. The molecule has 0 radical (unpaired) electrons. The van der Waals surface area contributed by atoms with E-state index in [9.17, 15) is 0 Å². The lowest BCUT2D eigenvalue weighted by atomic mass is 9.72. The zero-order valence-electron chi connectivity index (χ0n) is 17.3. The molecule has 0 saturated carbocycles. The molecular weight excluding hydrogens is 370 g/mol. The van der Waals surface area contributed by atoms with E-state index in [0.717, 1.165) is 39.6 Å². The van der Waals surface area contributed by atoms with Gasteiger partial charge in [-0.2, -0.15) is 0 Å². The Kier molecular flexibility index (Phi) is 4.28. The van der Waals surface area contributed by atoms with Crippen LogP contribution in [-0.4, -0.2) is 17.1 Å². The molecule has 1 N–H and O–H groups in total. The summed E-state index contributed by atoms with van der Waals surface area (Å²) < 4.78 is 5.37. The molecule has 1 aromatic heterocycles. The van der Waals surface area contributed by atoms with Gasteiger partial charge >= 0.3 is 0 Å². The zero-order chi connectivity index (χ0) is 20.7. The second-order valence-corrected chi connectivity index (χ2v) is 8.04. The van der Waals surface area contributed by atoms with E-state index >= 15 is 0 Å². The molecule has 148 valence electrons. The lowest BCUT2D eigenvalue weighted by molar-refractivity contribution is 0.415. The third-order valence-electron chi connectivity index (χ3n) is 5.87. The fraction of sp³-hybridized carbons (Fsp3) is 0.154. The maximum absolute atomic E-state index is 5.37. The van der Waals surface area contributed by atoms with Crippen molar-refractivity contribution in [3.05, 3.63) is 90.3 Å². The Morgan fingerprint density at radius 1 is 0.800 bits per heavy atom. The van der Waals surface area contributed by atoms with Crippen molar-refractivity contribution in [1.82, 2.24) is 9.97 Å². The Bertz CT molecular complexity index is 1250. The van der Waals surface area contributed by atoms with E-state index in [2.05, 4.69) is 77.7 Å². The average Bonchev–Trinajstić information content (AvgIpc) is 2.79. The first-order chi connectivity index (χ1) is 14.6. The summed E-state index contributed by atoms with van der Waals surface area (Å²) in [7, 11) is 1.67. The van der Waals surface area contributed by atoms with Crippen molar-refractivity contribution in [2.24, 2.45) is 0 Å². The summed E-state index contributed by atoms with van der Waals surface area (Å²) in [5, 5.41) is 3.61. The number of anilines is 2. The molecule has 0 spiro atoms. The molecule has 1 aliphatic heterocycles. The number of hydrogen-bond donors (Lipinski definition) is 1. The lowest BCUT2D eigenvalue weighted by Gasteiger charge is -2.37. The minimum atomic E-state index is -0.158. The molecular formula is C26H23N3O. The first-order valence-electron chi connectivity index (χ1n) is 10.0. The SMILES string of the molecule is COc1cccc(-c2cc(-c3cccc4c3C(C)(C)c3ccccc3N4)ncn2)c1. The number of aromatic nitrogens is 2. The molecule has 5 rings (SSSR count). The first-order valence-corrected chi connectivity index (χ1v) is 10.0. The van der Waals surface area contributed by atoms with E-state index in [0.29, 0.717) is 0 Å². The molecule has 1 aliphatic rings. The van der Waals surface area contributed by atoms with Crippen LogP contribution in [0.1, 0.15) is 25.0 Å². The number of ether oxygens (including phenoxy) is 1. The van der Waals surface area contributed by atoms with Crippen molar-refractivity contribution in [2.45, 2.75) is 19.3 Å². The molecule has 0 atom stereocenters. The van der Waals surface area contributed by atoms with Crippen molar-refractivity contribution in [1.29, 1.82) is 0 Å². The van der Waals surface area contributed by atoms with Gasteiger partial charge in [-0.15, -0.1) is 0 Å².